The molecule has 0 fully saturated rings. The molecule has 0 radical (unpaired) electrons. The second-order valence-corrected chi connectivity index (χ2v) is 5.54. The van der Waals surface area contributed by atoms with Gasteiger partial charge in [0.1, 0.15) is 11.5 Å². The summed E-state index contributed by atoms with van der Waals surface area (Å²) in [5.41, 5.74) is 3.52. The number of hydrogen-bond donors (Lipinski definition) is 2. The third kappa shape index (κ3) is 2.36. The largest absolute Gasteiger partial charge is 0.510 e. The molecule has 0 spiro atoms. The molecule has 4 heteroatoms. The fraction of sp³-hybridized carbons (Fsp3) is 0.500. The van der Waals surface area contributed by atoms with Crippen LogP contribution in [0, 0.1) is 0 Å². The first-order valence-corrected chi connectivity index (χ1v) is 7.27. The van der Waals surface area contributed by atoms with E-state index in [0.717, 1.165) is 37.6 Å². The van der Waals surface area contributed by atoms with Crippen molar-refractivity contribution in [2.75, 3.05) is 26.7 Å². The minimum absolute atomic E-state index is 0.320. The van der Waals surface area contributed by atoms with Crippen LogP contribution in [0.25, 0.3) is 0 Å². The Bertz CT molecular complexity index is 539. The number of likely N-dealkylation sites (N-methyl/N-ethyl adjacent to an activating group) is 1. The van der Waals surface area contributed by atoms with E-state index in [1.807, 2.05) is 7.05 Å². The van der Waals surface area contributed by atoms with Crippen LogP contribution in [0.2, 0.25) is 0 Å². The standard InChI is InChI=1S/C16H22N2O2/c1-11(18-7-5-15(19)14(10-18)17-2)13-4-3-12-6-8-20-16(12)9-13/h3-4,9,11,17,19H,5-8,10H2,1-2H3. The number of aliphatic hydroxyl groups excluding tert-OH is 1. The molecule has 2 aliphatic heterocycles. The van der Waals surface area contributed by atoms with Gasteiger partial charge in [-0.25, -0.2) is 0 Å². The molecule has 0 aliphatic carbocycles. The lowest BCUT2D eigenvalue weighted by Gasteiger charge is -2.33. The SMILES string of the molecule is CNC1=C(O)CCN(C(C)c2ccc3c(c2)OCC3)C1. The highest BCUT2D eigenvalue weighted by molar-refractivity contribution is 5.41. The molecule has 1 atom stereocenters. The maximum Gasteiger partial charge on any atom is 0.122 e. The topological polar surface area (TPSA) is 44.7 Å². The van der Waals surface area contributed by atoms with Crippen LogP contribution in [-0.4, -0.2) is 36.8 Å². The fourth-order valence-corrected chi connectivity index (χ4v) is 2.98. The van der Waals surface area contributed by atoms with Crippen molar-refractivity contribution in [1.29, 1.82) is 0 Å². The summed E-state index contributed by atoms with van der Waals surface area (Å²) >= 11 is 0. The highest BCUT2D eigenvalue weighted by Gasteiger charge is 2.24. The van der Waals surface area contributed by atoms with Crippen LogP contribution >= 0.6 is 0 Å². The molecule has 0 saturated heterocycles. The Kier molecular flexibility index (Phi) is 3.57. The summed E-state index contributed by atoms with van der Waals surface area (Å²) in [6.45, 7) is 4.67. The number of fused-ring (bicyclic) bond motifs is 1. The quantitative estimate of drug-likeness (QED) is 0.888. The Morgan fingerprint density at radius 1 is 1.35 bits per heavy atom. The minimum Gasteiger partial charge on any atom is -0.510 e. The smallest absolute Gasteiger partial charge is 0.122 e. The zero-order chi connectivity index (χ0) is 14.1. The maximum atomic E-state index is 9.84. The molecular weight excluding hydrogens is 252 g/mol. The molecule has 2 aliphatic rings. The van der Waals surface area contributed by atoms with Crippen molar-refractivity contribution >= 4 is 0 Å². The lowest BCUT2D eigenvalue weighted by Crippen LogP contribution is -2.37. The molecule has 0 amide bonds. The molecule has 3 rings (SSSR count). The van der Waals surface area contributed by atoms with Crippen LogP contribution < -0.4 is 10.1 Å². The van der Waals surface area contributed by atoms with Crippen molar-refractivity contribution in [1.82, 2.24) is 10.2 Å². The Labute approximate surface area is 120 Å². The number of ether oxygens (including phenoxy) is 1. The van der Waals surface area contributed by atoms with Gasteiger partial charge in [0.05, 0.1) is 12.3 Å². The molecular formula is C16H22N2O2. The van der Waals surface area contributed by atoms with E-state index in [0.29, 0.717) is 18.2 Å². The molecule has 20 heavy (non-hydrogen) atoms. The van der Waals surface area contributed by atoms with Gasteiger partial charge in [0, 0.05) is 39.0 Å². The van der Waals surface area contributed by atoms with E-state index in [1.54, 1.807) is 0 Å². The number of hydrogen-bond acceptors (Lipinski definition) is 4. The van der Waals surface area contributed by atoms with Gasteiger partial charge < -0.3 is 15.2 Å². The molecule has 1 unspecified atom stereocenters. The van der Waals surface area contributed by atoms with Gasteiger partial charge in [0.25, 0.3) is 0 Å². The maximum absolute atomic E-state index is 9.84. The zero-order valence-corrected chi connectivity index (χ0v) is 12.1. The summed E-state index contributed by atoms with van der Waals surface area (Å²) < 4.78 is 5.66. The number of benzene rings is 1. The number of nitrogens with one attached hydrogen (secondary N) is 1. The summed E-state index contributed by atoms with van der Waals surface area (Å²) in [5, 5.41) is 12.9. The van der Waals surface area contributed by atoms with Crippen LogP contribution in [-0.2, 0) is 6.42 Å². The van der Waals surface area contributed by atoms with Crippen LogP contribution in [0.5, 0.6) is 5.75 Å². The molecule has 0 bridgehead atoms. The molecule has 2 heterocycles. The second kappa shape index (κ2) is 5.37. The molecule has 1 aromatic carbocycles. The summed E-state index contributed by atoms with van der Waals surface area (Å²) in [4.78, 5) is 2.38. The van der Waals surface area contributed by atoms with E-state index in [9.17, 15) is 5.11 Å². The normalized spacial score (nSPS) is 20.5. The van der Waals surface area contributed by atoms with E-state index in [4.69, 9.17) is 4.74 Å². The average molecular weight is 274 g/mol. The molecule has 0 aromatic heterocycles. The summed E-state index contributed by atoms with van der Waals surface area (Å²) in [7, 11) is 1.86. The molecule has 4 nitrogen and oxygen atoms in total. The third-order valence-corrected chi connectivity index (χ3v) is 4.40. The summed E-state index contributed by atoms with van der Waals surface area (Å²) in [6.07, 6.45) is 1.73. The van der Waals surface area contributed by atoms with Crippen LogP contribution in [0.4, 0.5) is 0 Å². The summed E-state index contributed by atoms with van der Waals surface area (Å²) in [5.74, 6) is 1.53. The highest BCUT2D eigenvalue weighted by atomic mass is 16.5. The Morgan fingerprint density at radius 3 is 3.00 bits per heavy atom. The lowest BCUT2D eigenvalue weighted by atomic mass is 10.0. The molecule has 1 aromatic rings. The van der Waals surface area contributed by atoms with Gasteiger partial charge in [-0.2, -0.15) is 0 Å². The van der Waals surface area contributed by atoms with E-state index in [-0.39, 0.29) is 0 Å². The van der Waals surface area contributed by atoms with Crippen molar-refractivity contribution in [3.8, 4) is 5.75 Å². The number of rotatable bonds is 3. The number of nitrogens with zero attached hydrogens (tertiary/aromatic N) is 1. The predicted molar refractivity (Wildman–Crippen MR) is 79.0 cm³/mol. The average Bonchev–Trinajstić information content (AvgIpc) is 2.94. The molecule has 108 valence electrons. The van der Waals surface area contributed by atoms with Crippen molar-refractivity contribution in [2.45, 2.75) is 25.8 Å². The summed E-state index contributed by atoms with van der Waals surface area (Å²) in [6, 6.07) is 6.88. The van der Waals surface area contributed by atoms with Crippen molar-refractivity contribution < 1.29 is 9.84 Å². The van der Waals surface area contributed by atoms with E-state index in [2.05, 4.69) is 35.3 Å². The van der Waals surface area contributed by atoms with Crippen LogP contribution in [0.1, 0.15) is 30.5 Å². The zero-order valence-electron chi connectivity index (χ0n) is 12.1. The van der Waals surface area contributed by atoms with Gasteiger partial charge in [-0.1, -0.05) is 12.1 Å². The van der Waals surface area contributed by atoms with Gasteiger partial charge in [-0.15, -0.1) is 0 Å². The van der Waals surface area contributed by atoms with Crippen LogP contribution in [0.15, 0.2) is 29.7 Å². The van der Waals surface area contributed by atoms with Gasteiger partial charge >= 0.3 is 0 Å². The monoisotopic (exact) mass is 274 g/mol. The van der Waals surface area contributed by atoms with Crippen molar-refractivity contribution in [2.24, 2.45) is 0 Å². The van der Waals surface area contributed by atoms with Gasteiger partial charge in [-0.3, -0.25) is 4.90 Å². The second-order valence-electron chi connectivity index (χ2n) is 5.54. The minimum atomic E-state index is 0.320. The Hall–Kier alpha value is -1.68. The fourth-order valence-electron chi connectivity index (χ4n) is 2.98. The molecule has 2 N–H and O–H groups in total. The van der Waals surface area contributed by atoms with Gasteiger partial charge in [-0.05, 0) is 24.1 Å². The first-order valence-electron chi connectivity index (χ1n) is 7.27. The highest BCUT2D eigenvalue weighted by Crippen LogP contribution is 2.31. The van der Waals surface area contributed by atoms with E-state index in [1.165, 1.54) is 11.1 Å². The van der Waals surface area contributed by atoms with E-state index < -0.39 is 0 Å². The first-order chi connectivity index (χ1) is 9.69. The third-order valence-electron chi connectivity index (χ3n) is 4.40. The predicted octanol–water partition coefficient (Wildman–Crippen LogP) is 2.38. The first kappa shape index (κ1) is 13.3. The number of aliphatic hydroxyl groups is 1. The lowest BCUT2D eigenvalue weighted by molar-refractivity contribution is 0.191. The molecule has 0 saturated carbocycles. The van der Waals surface area contributed by atoms with E-state index >= 15 is 0 Å². The Balaban J connectivity index is 1.78. The Morgan fingerprint density at radius 2 is 2.20 bits per heavy atom. The van der Waals surface area contributed by atoms with Gasteiger partial charge in [0.2, 0.25) is 0 Å². The van der Waals surface area contributed by atoms with Gasteiger partial charge in [0.15, 0.2) is 0 Å². The van der Waals surface area contributed by atoms with Crippen molar-refractivity contribution in [3.63, 3.8) is 0 Å². The van der Waals surface area contributed by atoms with Crippen LogP contribution in [0.3, 0.4) is 0 Å². The van der Waals surface area contributed by atoms with Crippen molar-refractivity contribution in [3.05, 3.63) is 40.8 Å².